The van der Waals surface area contributed by atoms with Gasteiger partial charge >= 0.3 is 5.97 Å². The van der Waals surface area contributed by atoms with Gasteiger partial charge in [0.2, 0.25) is 5.78 Å². The molecule has 0 saturated carbocycles. The number of carbonyl (C=O) groups is 2. The number of hydrogen-bond acceptors (Lipinski definition) is 3. The average molecular weight is 349 g/mol. The number of esters is 1. The molecule has 0 amide bonds. The Morgan fingerprint density at radius 2 is 1.77 bits per heavy atom. The van der Waals surface area contributed by atoms with Crippen molar-refractivity contribution >= 4 is 22.7 Å². The van der Waals surface area contributed by atoms with E-state index in [2.05, 4.69) is 4.98 Å². The molecule has 1 atom stereocenters. The molecule has 0 aliphatic heterocycles. The third kappa shape index (κ3) is 3.54. The number of ketones is 1. The molecule has 2 aromatic carbocycles. The molecule has 0 aliphatic carbocycles. The summed E-state index contributed by atoms with van der Waals surface area (Å²) < 4.78 is 5.41. The van der Waals surface area contributed by atoms with Crippen LogP contribution in [0.15, 0.2) is 42.5 Å². The van der Waals surface area contributed by atoms with Gasteiger partial charge in [-0.05, 0) is 50.5 Å². The Morgan fingerprint density at radius 1 is 1.04 bits per heavy atom. The summed E-state index contributed by atoms with van der Waals surface area (Å²) in [6.45, 7) is 7.52. The van der Waals surface area contributed by atoms with Crippen LogP contribution in [0.2, 0.25) is 0 Å². The number of Topliss-reactive ketones (excluding diaryl/α,β-unsaturated/α-hetero) is 1. The summed E-state index contributed by atoms with van der Waals surface area (Å²) in [5, 5.41) is 0.854. The summed E-state index contributed by atoms with van der Waals surface area (Å²) in [5.74, 6) is -0.583. The zero-order valence-electron chi connectivity index (χ0n) is 15.6. The number of aromatic nitrogens is 1. The van der Waals surface area contributed by atoms with Gasteiger partial charge in [0.1, 0.15) is 0 Å². The molecule has 4 nitrogen and oxygen atoms in total. The number of para-hydroxylation sites is 1. The Kier molecular flexibility index (Phi) is 4.94. The van der Waals surface area contributed by atoms with E-state index in [1.54, 1.807) is 6.92 Å². The number of aryl methyl sites for hydroxylation is 3. The molecule has 0 spiro atoms. The van der Waals surface area contributed by atoms with E-state index in [0.717, 1.165) is 27.7 Å². The fourth-order valence-corrected chi connectivity index (χ4v) is 3.17. The van der Waals surface area contributed by atoms with E-state index >= 15 is 0 Å². The first-order chi connectivity index (χ1) is 12.4. The summed E-state index contributed by atoms with van der Waals surface area (Å²) in [5.41, 5.74) is 5.48. The number of rotatable bonds is 5. The summed E-state index contributed by atoms with van der Waals surface area (Å²) in [6.07, 6.45) is -0.669. The summed E-state index contributed by atoms with van der Waals surface area (Å²) >= 11 is 0. The molecule has 134 valence electrons. The van der Waals surface area contributed by atoms with Crippen LogP contribution >= 0.6 is 0 Å². The Balaban J connectivity index is 1.73. The Bertz CT molecular complexity index is 984. The van der Waals surface area contributed by atoms with Gasteiger partial charge < -0.3 is 9.72 Å². The van der Waals surface area contributed by atoms with Crippen molar-refractivity contribution in [2.45, 2.75) is 40.2 Å². The SMILES string of the molecule is Cc1ccc(CC(=O)O[C@@H](C)C(=O)c2c(C)[nH]c3ccccc23)cc1C. The van der Waals surface area contributed by atoms with Crippen LogP contribution in [0.4, 0.5) is 0 Å². The van der Waals surface area contributed by atoms with Gasteiger partial charge in [0.05, 0.1) is 6.42 Å². The number of benzene rings is 2. The van der Waals surface area contributed by atoms with Crippen LogP contribution in [0, 0.1) is 20.8 Å². The third-order valence-corrected chi connectivity index (χ3v) is 4.74. The highest BCUT2D eigenvalue weighted by Crippen LogP contribution is 2.24. The third-order valence-electron chi connectivity index (χ3n) is 4.74. The van der Waals surface area contributed by atoms with E-state index in [-0.39, 0.29) is 12.2 Å². The number of hydrogen-bond donors (Lipinski definition) is 1. The molecule has 3 aromatic rings. The second-order valence-corrected chi connectivity index (χ2v) is 6.76. The van der Waals surface area contributed by atoms with Crippen LogP contribution in [0.1, 0.15) is 39.7 Å². The number of carbonyl (C=O) groups excluding carboxylic acids is 2. The largest absolute Gasteiger partial charge is 0.454 e. The molecule has 4 heteroatoms. The lowest BCUT2D eigenvalue weighted by molar-refractivity contribution is -0.145. The van der Waals surface area contributed by atoms with E-state index in [0.29, 0.717) is 5.56 Å². The fraction of sp³-hybridized carbons (Fsp3) is 0.273. The van der Waals surface area contributed by atoms with E-state index in [4.69, 9.17) is 4.74 Å². The van der Waals surface area contributed by atoms with Gasteiger partial charge in [-0.3, -0.25) is 9.59 Å². The van der Waals surface area contributed by atoms with Crippen molar-refractivity contribution in [3.63, 3.8) is 0 Å². The minimum Gasteiger partial charge on any atom is -0.454 e. The summed E-state index contributed by atoms with van der Waals surface area (Å²) in [7, 11) is 0. The molecule has 0 unspecified atom stereocenters. The quantitative estimate of drug-likeness (QED) is 0.547. The van der Waals surface area contributed by atoms with Gasteiger partial charge in [-0.2, -0.15) is 0 Å². The molecule has 0 aliphatic rings. The van der Waals surface area contributed by atoms with Crippen LogP contribution in [0.25, 0.3) is 10.9 Å². The first kappa shape index (κ1) is 17.9. The van der Waals surface area contributed by atoms with Crippen molar-refractivity contribution in [2.24, 2.45) is 0 Å². The summed E-state index contributed by atoms with van der Waals surface area (Å²) in [4.78, 5) is 28.3. The van der Waals surface area contributed by atoms with Crippen molar-refractivity contribution in [3.05, 3.63) is 70.4 Å². The molecule has 3 rings (SSSR count). The maximum Gasteiger partial charge on any atom is 0.310 e. The van der Waals surface area contributed by atoms with Gasteiger partial charge in [0.15, 0.2) is 6.10 Å². The number of H-pyrrole nitrogens is 1. The van der Waals surface area contributed by atoms with Gasteiger partial charge in [-0.25, -0.2) is 0 Å². The van der Waals surface area contributed by atoms with Crippen LogP contribution < -0.4 is 0 Å². The summed E-state index contributed by atoms with van der Waals surface area (Å²) in [6, 6.07) is 13.5. The van der Waals surface area contributed by atoms with Crippen LogP contribution in [-0.4, -0.2) is 22.8 Å². The Hall–Kier alpha value is -2.88. The molecular formula is C22H23NO3. The predicted molar refractivity (Wildman–Crippen MR) is 103 cm³/mol. The first-order valence-electron chi connectivity index (χ1n) is 8.74. The fourth-order valence-electron chi connectivity index (χ4n) is 3.17. The molecule has 26 heavy (non-hydrogen) atoms. The van der Waals surface area contributed by atoms with Crippen LogP contribution in [0.3, 0.4) is 0 Å². The molecule has 1 heterocycles. The number of nitrogens with one attached hydrogen (secondary N) is 1. The monoisotopic (exact) mass is 349 g/mol. The number of ether oxygens (including phenoxy) is 1. The van der Waals surface area contributed by atoms with Crippen molar-refractivity contribution in [1.29, 1.82) is 0 Å². The molecule has 0 fully saturated rings. The molecular weight excluding hydrogens is 326 g/mol. The number of aromatic amines is 1. The lowest BCUT2D eigenvalue weighted by atomic mass is 10.0. The van der Waals surface area contributed by atoms with Gasteiger partial charge in [0.25, 0.3) is 0 Å². The topological polar surface area (TPSA) is 59.2 Å². The maximum atomic E-state index is 12.8. The second kappa shape index (κ2) is 7.16. The van der Waals surface area contributed by atoms with Crippen LogP contribution in [0.5, 0.6) is 0 Å². The minimum atomic E-state index is -0.827. The Morgan fingerprint density at radius 3 is 2.50 bits per heavy atom. The Labute approximate surface area is 153 Å². The molecule has 1 N–H and O–H groups in total. The van der Waals surface area contributed by atoms with E-state index < -0.39 is 12.1 Å². The van der Waals surface area contributed by atoms with E-state index in [1.807, 2.05) is 63.2 Å². The first-order valence-corrected chi connectivity index (χ1v) is 8.74. The zero-order valence-corrected chi connectivity index (χ0v) is 15.6. The predicted octanol–water partition coefficient (Wildman–Crippen LogP) is 4.45. The highest BCUT2D eigenvalue weighted by molar-refractivity contribution is 6.11. The smallest absolute Gasteiger partial charge is 0.310 e. The second-order valence-electron chi connectivity index (χ2n) is 6.76. The average Bonchev–Trinajstić information content (AvgIpc) is 2.93. The van der Waals surface area contributed by atoms with Gasteiger partial charge in [0, 0.05) is 22.2 Å². The lowest BCUT2D eigenvalue weighted by Gasteiger charge is -2.13. The van der Waals surface area contributed by atoms with Crippen LogP contribution in [-0.2, 0) is 16.0 Å². The van der Waals surface area contributed by atoms with Crippen molar-refractivity contribution in [2.75, 3.05) is 0 Å². The highest BCUT2D eigenvalue weighted by Gasteiger charge is 2.24. The number of fused-ring (bicyclic) bond motifs is 1. The zero-order chi connectivity index (χ0) is 18.8. The lowest BCUT2D eigenvalue weighted by Crippen LogP contribution is -2.25. The standard InChI is InChI=1S/C22H23NO3/c1-13-9-10-17(11-14(13)2)12-20(24)26-16(4)22(25)21-15(3)23-19-8-6-5-7-18(19)21/h5-11,16,23H,12H2,1-4H3/t16-/m0/s1. The minimum absolute atomic E-state index is 0.158. The maximum absolute atomic E-state index is 12.8. The van der Waals surface area contributed by atoms with Crippen molar-refractivity contribution < 1.29 is 14.3 Å². The normalized spacial score (nSPS) is 12.2. The molecule has 0 bridgehead atoms. The van der Waals surface area contributed by atoms with Gasteiger partial charge in [-0.15, -0.1) is 0 Å². The van der Waals surface area contributed by atoms with Crippen molar-refractivity contribution in [3.8, 4) is 0 Å². The highest BCUT2D eigenvalue weighted by atomic mass is 16.5. The molecule has 0 radical (unpaired) electrons. The van der Waals surface area contributed by atoms with Crippen molar-refractivity contribution in [1.82, 2.24) is 4.98 Å². The van der Waals surface area contributed by atoms with E-state index in [9.17, 15) is 9.59 Å². The molecule has 0 saturated heterocycles. The van der Waals surface area contributed by atoms with E-state index in [1.165, 1.54) is 5.56 Å². The van der Waals surface area contributed by atoms with Gasteiger partial charge in [-0.1, -0.05) is 36.4 Å². The molecule has 1 aromatic heterocycles.